The van der Waals surface area contributed by atoms with Crippen molar-refractivity contribution in [3.8, 4) is 22.8 Å². The number of halogens is 4. The summed E-state index contributed by atoms with van der Waals surface area (Å²) in [4.78, 5) is 8.83. The molecule has 0 amide bonds. The molecule has 10 heteroatoms. The first-order chi connectivity index (χ1) is 20.9. The quantitative estimate of drug-likeness (QED) is 0.149. The van der Waals surface area contributed by atoms with E-state index in [0.29, 0.717) is 52.6 Å². The molecule has 2 N–H and O–H groups in total. The number of hydrogen-bond donors (Lipinski definition) is 2. The lowest BCUT2D eigenvalue weighted by Crippen LogP contribution is -2.16. The third kappa shape index (κ3) is 6.94. The summed E-state index contributed by atoms with van der Waals surface area (Å²) in [5, 5.41) is 8.09. The Bertz CT molecular complexity index is 1890. The Labute approximate surface area is 256 Å². The zero-order valence-electron chi connectivity index (χ0n) is 22.6. The molecular formula is C33H24Cl2F2N4O2. The first-order valence-corrected chi connectivity index (χ1v) is 14.2. The maximum absolute atomic E-state index is 14.0. The molecule has 0 aliphatic heterocycles. The molecule has 0 unspecified atom stereocenters. The first-order valence-electron chi connectivity index (χ1n) is 13.4. The summed E-state index contributed by atoms with van der Waals surface area (Å²) in [6.07, 6.45) is 2.12. The van der Waals surface area contributed by atoms with Gasteiger partial charge in [0, 0.05) is 21.7 Å². The molecule has 2 heterocycles. The van der Waals surface area contributed by atoms with Crippen LogP contribution in [0.3, 0.4) is 0 Å². The van der Waals surface area contributed by atoms with Crippen LogP contribution in [0, 0.1) is 11.6 Å². The third-order valence-electron chi connectivity index (χ3n) is 6.64. The van der Waals surface area contributed by atoms with E-state index in [-0.39, 0.29) is 11.6 Å². The molecule has 216 valence electrons. The Hall–Kier alpha value is -4.50. The Morgan fingerprint density at radius 1 is 0.837 bits per heavy atom. The Morgan fingerprint density at radius 3 is 2.56 bits per heavy atom. The molecule has 4 aromatic carbocycles. The number of hydrogen-bond acceptors (Lipinski definition) is 6. The van der Waals surface area contributed by atoms with Crippen molar-refractivity contribution in [1.29, 1.82) is 0 Å². The van der Waals surface area contributed by atoms with E-state index in [0.717, 1.165) is 27.8 Å². The predicted molar refractivity (Wildman–Crippen MR) is 165 cm³/mol. The number of para-hydroxylation sites is 1. The summed E-state index contributed by atoms with van der Waals surface area (Å²) in [5.74, 6) is 1.64. The smallest absolute Gasteiger partial charge is 0.165 e. The van der Waals surface area contributed by atoms with Crippen LogP contribution in [0.25, 0.3) is 22.2 Å². The highest BCUT2D eigenvalue weighted by Crippen LogP contribution is 2.35. The Kier molecular flexibility index (Phi) is 8.51. The molecule has 2 aromatic heterocycles. The highest BCUT2D eigenvalue weighted by atomic mass is 35.5. The van der Waals surface area contributed by atoms with Crippen molar-refractivity contribution in [2.24, 2.45) is 0 Å². The Morgan fingerprint density at radius 2 is 1.72 bits per heavy atom. The van der Waals surface area contributed by atoms with E-state index in [1.54, 1.807) is 36.4 Å². The molecule has 6 aromatic rings. The molecule has 6 rings (SSSR count). The van der Waals surface area contributed by atoms with Crippen LogP contribution >= 0.6 is 23.2 Å². The van der Waals surface area contributed by atoms with Crippen LogP contribution in [0.4, 0.5) is 20.3 Å². The zero-order valence-corrected chi connectivity index (χ0v) is 24.1. The summed E-state index contributed by atoms with van der Waals surface area (Å²) >= 11 is 12.4. The van der Waals surface area contributed by atoms with Crippen molar-refractivity contribution in [3.63, 3.8) is 0 Å². The molecule has 6 nitrogen and oxygen atoms in total. The lowest BCUT2D eigenvalue weighted by atomic mass is 10.1. The monoisotopic (exact) mass is 616 g/mol. The van der Waals surface area contributed by atoms with E-state index in [4.69, 9.17) is 32.4 Å². The maximum Gasteiger partial charge on any atom is 0.165 e. The van der Waals surface area contributed by atoms with E-state index in [1.807, 2.05) is 30.3 Å². The van der Waals surface area contributed by atoms with Gasteiger partial charge >= 0.3 is 0 Å². The van der Waals surface area contributed by atoms with Gasteiger partial charge in [0.15, 0.2) is 11.6 Å². The molecule has 0 saturated carbocycles. The van der Waals surface area contributed by atoms with Crippen molar-refractivity contribution in [1.82, 2.24) is 15.3 Å². The molecule has 0 saturated heterocycles. The van der Waals surface area contributed by atoms with Gasteiger partial charge in [-0.15, -0.1) is 0 Å². The molecule has 0 radical (unpaired) electrons. The average molecular weight is 617 g/mol. The number of nitrogens with zero attached hydrogens (tertiary/aromatic N) is 2. The zero-order chi connectivity index (χ0) is 29.8. The van der Waals surface area contributed by atoms with Crippen LogP contribution in [-0.2, 0) is 13.0 Å². The number of nitrogens with one attached hydrogen (secondary N) is 2. The number of fused-ring (bicyclic) bond motifs is 1. The maximum atomic E-state index is 14.0. The summed E-state index contributed by atoms with van der Waals surface area (Å²) in [7, 11) is 0. The fourth-order valence-electron chi connectivity index (χ4n) is 4.58. The minimum atomic E-state index is -0.476. The molecule has 0 spiro atoms. The molecule has 0 fully saturated rings. The molecule has 0 aliphatic rings. The number of ether oxygens (including phenoxy) is 1. The van der Waals surface area contributed by atoms with Crippen LogP contribution in [0.15, 0.2) is 102 Å². The van der Waals surface area contributed by atoms with Crippen molar-refractivity contribution >= 4 is 45.6 Å². The second kappa shape index (κ2) is 12.8. The van der Waals surface area contributed by atoms with Gasteiger partial charge in [-0.1, -0.05) is 35.3 Å². The van der Waals surface area contributed by atoms with Crippen molar-refractivity contribution < 1.29 is 17.9 Å². The summed E-state index contributed by atoms with van der Waals surface area (Å²) in [6, 6.07) is 25.4. The first kappa shape index (κ1) is 28.6. The van der Waals surface area contributed by atoms with Crippen molar-refractivity contribution in [3.05, 3.63) is 130 Å². The van der Waals surface area contributed by atoms with Gasteiger partial charge in [-0.3, -0.25) is 0 Å². The number of rotatable bonds is 10. The number of furan rings is 1. The van der Waals surface area contributed by atoms with Gasteiger partial charge in [-0.05, 0) is 97.4 Å². The molecule has 43 heavy (non-hydrogen) atoms. The minimum Gasteiger partial charge on any atom is -0.460 e. The standard InChI is InChI=1S/C33H24Cl2F2N4O2/c34-22-13-20(14-23(36)16-22)11-12-38-18-25-7-10-30(42-25)21-5-8-29-26(15-21)33(40-19-39-29)41-24-6-9-31(27(35)17-24)43-32-4-2-1-3-28(32)37/h1-10,13-17,19,38H,11-12,18H2,(H,39,40,41). The van der Waals surface area contributed by atoms with E-state index in [9.17, 15) is 8.78 Å². The number of aromatic nitrogens is 2. The van der Waals surface area contributed by atoms with Crippen LogP contribution in [0.1, 0.15) is 11.3 Å². The lowest BCUT2D eigenvalue weighted by Gasteiger charge is -2.12. The van der Waals surface area contributed by atoms with Crippen LogP contribution in [0.5, 0.6) is 11.5 Å². The summed E-state index contributed by atoms with van der Waals surface area (Å²) in [5.41, 5.74) is 3.10. The van der Waals surface area contributed by atoms with E-state index in [1.165, 1.54) is 30.6 Å². The van der Waals surface area contributed by atoms with Crippen LogP contribution in [0.2, 0.25) is 10.0 Å². The summed E-state index contributed by atoms with van der Waals surface area (Å²) in [6.45, 7) is 1.16. The summed E-state index contributed by atoms with van der Waals surface area (Å²) < 4.78 is 39.3. The largest absolute Gasteiger partial charge is 0.460 e. The van der Waals surface area contributed by atoms with Gasteiger partial charge in [0.2, 0.25) is 0 Å². The van der Waals surface area contributed by atoms with Gasteiger partial charge in [0.05, 0.1) is 17.1 Å². The van der Waals surface area contributed by atoms with E-state index >= 15 is 0 Å². The van der Waals surface area contributed by atoms with Crippen molar-refractivity contribution in [2.75, 3.05) is 11.9 Å². The molecule has 0 atom stereocenters. The predicted octanol–water partition coefficient (Wildman–Crippen LogP) is 9.34. The van der Waals surface area contributed by atoms with Gasteiger partial charge in [0.1, 0.15) is 35.2 Å². The van der Waals surface area contributed by atoms with Gasteiger partial charge in [-0.25, -0.2) is 18.7 Å². The van der Waals surface area contributed by atoms with Crippen molar-refractivity contribution in [2.45, 2.75) is 13.0 Å². The van der Waals surface area contributed by atoms with E-state index < -0.39 is 5.82 Å². The number of benzene rings is 4. The van der Waals surface area contributed by atoms with Gasteiger partial charge in [0.25, 0.3) is 0 Å². The highest BCUT2D eigenvalue weighted by Gasteiger charge is 2.12. The third-order valence-corrected chi connectivity index (χ3v) is 7.16. The average Bonchev–Trinajstić information content (AvgIpc) is 3.46. The fourth-order valence-corrected chi connectivity index (χ4v) is 5.04. The second-order valence-electron chi connectivity index (χ2n) is 9.73. The normalized spacial score (nSPS) is 11.2. The Balaban J connectivity index is 1.14. The van der Waals surface area contributed by atoms with Crippen LogP contribution in [-0.4, -0.2) is 16.5 Å². The molecular weight excluding hydrogens is 593 g/mol. The lowest BCUT2D eigenvalue weighted by molar-refractivity contribution is 0.442. The topological polar surface area (TPSA) is 72.2 Å². The van der Waals surface area contributed by atoms with E-state index in [2.05, 4.69) is 20.6 Å². The van der Waals surface area contributed by atoms with Gasteiger partial charge in [-0.2, -0.15) is 0 Å². The minimum absolute atomic E-state index is 0.0885. The number of anilines is 2. The second-order valence-corrected chi connectivity index (χ2v) is 10.6. The molecule has 0 aliphatic carbocycles. The molecule has 0 bridgehead atoms. The van der Waals surface area contributed by atoms with Gasteiger partial charge < -0.3 is 19.8 Å². The fraction of sp³-hybridized carbons (Fsp3) is 0.0909. The van der Waals surface area contributed by atoms with Crippen LogP contribution < -0.4 is 15.4 Å². The SMILES string of the molecule is Fc1cc(Cl)cc(CCNCc2ccc(-c3ccc4ncnc(Nc5ccc(Oc6ccccc6F)c(Cl)c5)c4c3)o2)c1. The highest BCUT2D eigenvalue weighted by molar-refractivity contribution is 6.32.